The third-order valence-corrected chi connectivity index (χ3v) is 7.51. The first-order chi connectivity index (χ1) is 14.6. The molecule has 4 rings (SSSR count). The van der Waals surface area contributed by atoms with Gasteiger partial charge in [0.15, 0.2) is 0 Å². The maximum Gasteiger partial charge on any atom is 0.417 e. The first-order valence-corrected chi connectivity index (χ1v) is 11.3. The van der Waals surface area contributed by atoms with Crippen LogP contribution >= 0.6 is 11.6 Å². The molecule has 2 saturated heterocycles. The van der Waals surface area contributed by atoms with Gasteiger partial charge in [0.05, 0.1) is 16.7 Å². The first-order valence-electron chi connectivity index (χ1n) is 10.9. The van der Waals surface area contributed by atoms with Gasteiger partial charge in [-0.2, -0.15) is 13.2 Å². The lowest BCUT2D eigenvalue weighted by molar-refractivity contribution is -0.137. The highest BCUT2D eigenvalue weighted by molar-refractivity contribution is 6.31. The number of hydrogen-bond donors (Lipinski definition) is 1. The van der Waals surface area contributed by atoms with Crippen LogP contribution in [0.2, 0.25) is 5.02 Å². The lowest BCUT2D eigenvalue weighted by Crippen LogP contribution is -2.56. The lowest BCUT2D eigenvalue weighted by atomic mass is 9.90. The summed E-state index contributed by atoms with van der Waals surface area (Å²) in [5.74, 6) is -0.0297. The van der Waals surface area contributed by atoms with Crippen LogP contribution in [0.5, 0.6) is 0 Å². The highest BCUT2D eigenvalue weighted by Crippen LogP contribution is 2.53. The molecule has 0 radical (unpaired) electrons. The highest BCUT2D eigenvalue weighted by Gasteiger charge is 2.51. The highest BCUT2D eigenvalue weighted by atomic mass is 35.5. The Balaban J connectivity index is 1.29. The number of benzene rings is 1. The Bertz CT molecular complexity index is 831. The van der Waals surface area contributed by atoms with Gasteiger partial charge in [0.2, 0.25) is 5.91 Å². The summed E-state index contributed by atoms with van der Waals surface area (Å²) in [5.41, 5.74) is -0.153. The molecule has 1 saturated carbocycles. The number of likely N-dealkylation sites (tertiary alicyclic amines) is 1. The zero-order valence-electron chi connectivity index (χ0n) is 17.7. The Morgan fingerprint density at radius 2 is 1.90 bits per heavy atom. The molecule has 172 valence electrons. The molecule has 3 aliphatic rings. The zero-order valence-corrected chi connectivity index (χ0v) is 18.4. The molecule has 0 aromatic heterocycles. The molecule has 0 bridgehead atoms. The number of alkyl halides is 3. The number of carbonyl (C=O) groups is 1. The Morgan fingerprint density at radius 3 is 2.52 bits per heavy atom. The average Bonchev–Trinajstić information content (AvgIpc) is 3.48. The number of amides is 1. The van der Waals surface area contributed by atoms with E-state index in [1.165, 1.54) is 12.1 Å². The number of rotatable bonds is 5. The Morgan fingerprint density at radius 1 is 1.16 bits per heavy atom. The van der Waals surface area contributed by atoms with Crippen LogP contribution in [0.3, 0.4) is 0 Å². The summed E-state index contributed by atoms with van der Waals surface area (Å²) in [4.78, 5) is 18.8. The van der Waals surface area contributed by atoms with E-state index >= 15 is 0 Å². The van der Waals surface area contributed by atoms with Gasteiger partial charge in [0.25, 0.3) is 0 Å². The Kier molecular flexibility index (Phi) is 6.18. The van der Waals surface area contributed by atoms with Gasteiger partial charge in [-0.05, 0) is 69.3 Å². The van der Waals surface area contributed by atoms with Crippen LogP contribution < -0.4 is 4.90 Å². The third kappa shape index (κ3) is 4.66. The maximum atomic E-state index is 13.0. The van der Waals surface area contributed by atoms with Crippen LogP contribution in [-0.2, 0) is 11.0 Å². The van der Waals surface area contributed by atoms with E-state index in [1.54, 1.807) is 11.8 Å². The van der Waals surface area contributed by atoms with Crippen LogP contribution in [0.1, 0.15) is 38.2 Å². The Labute approximate surface area is 185 Å². The van der Waals surface area contributed by atoms with Crippen molar-refractivity contribution < 1.29 is 23.1 Å². The molecular weight excluding hydrogens is 431 g/mol. The molecule has 5 nitrogen and oxygen atoms in total. The number of carbonyl (C=O) groups excluding carboxylic acids is 1. The molecule has 1 amide bonds. The van der Waals surface area contributed by atoms with E-state index in [1.807, 2.05) is 4.90 Å². The summed E-state index contributed by atoms with van der Waals surface area (Å²) in [6.45, 7) is 6.05. The smallest absolute Gasteiger partial charge is 0.391 e. The van der Waals surface area contributed by atoms with Crippen molar-refractivity contribution in [3.05, 3.63) is 28.8 Å². The molecule has 2 aliphatic heterocycles. The van der Waals surface area contributed by atoms with Gasteiger partial charge in [-0.15, -0.1) is 0 Å². The molecule has 9 heteroatoms. The quantitative estimate of drug-likeness (QED) is 0.730. The van der Waals surface area contributed by atoms with E-state index in [-0.39, 0.29) is 22.4 Å². The number of piperidine rings is 1. The van der Waals surface area contributed by atoms with Crippen molar-refractivity contribution in [1.29, 1.82) is 0 Å². The van der Waals surface area contributed by atoms with Crippen LogP contribution in [0, 0.1) is 5.41 Å². The van der Waals surface area contributed by atoms with Crippen LogP contribution in [0.25, 0.3) is 0 Å². The van der Waals surface area contributed by atoms with E-state index in [9.17, 15) is 23.1 Å². The number of aliphatic hydroxyl groups excluding tert-OH is 1. The van der Waals surface area contributed by atoms with Gasteiger partial charge in [-0.3, -0.25) is 4.79 Å². The van der Waals surface area contributed by atoms with E-state index < -0.39 is 17.8 Å². The normalized spacial score (nSPS) is 26.6. The van der Waals surface area contributed by atoms with Crippen molar-refractivity contribution in [3.8, 4) is 0 Å². The largest absolute Gasteiger partial charge is 0.417 e. The van der Waals surface area contributed by atoms with E-state index in [4.69, 9.17) is 11.6 Å². The van der Waals surface area contributed by atoms with E-state index in [0.29, 0.717) is 31.9 Å². The van der Waals surface area contributed by atoms with Gasteiger partial charge in [-0.1, -0.05) is 11.6 Å². The molecule has 1 N–H and O–H groups in total. The van der Waals surface area contributed by atoms with Crippen molar-refractivity contribution in [2.24, 2.45) is 5.41 Å². The molecule has 3 fully saturated rings. The van der Waals surface area contributed by atoms with Crippen molar-refractivity contribution in [1.82, 2.24) is 9.80 Å². The minimum atomic E-state index is -4.50. The summed E-state index contributed by atoms with van der Waals surface area (Å²) in [5, 5.41) is 9.97. The number of β-amino-alcohol motifs (C(OH)–C–C–N with tert-alkyl or cyclic N) is 1. The lowest BCUT2D eigenvalue weighted by Gasteiger charge is -2.41. The van der Waals surface area contributed by atoms with Gasteiger partial charge in [-0.25, -0.2) is 0 Å². The van der Waals surface area contributed by atoms with Crippen LogP contribution in [-0.4, -0.2) is 72.2 Å². The number of anilines is 1. The SMILES string of the molecule is CC1C(=O)N(CCCN2CCC3(CC3)C(O)C2)CCN1c1ccc(C(F)(F)F)c(Cl)c1. The molecule has 2 heterocycles. The zero-order chi connectivity index (χ0) is 22.4. The predicted octanol–water partition coefficient (Wildman–Crippen LogP) is 3.63. The molecule has 1 spiro atoms. The number of nitrogens with zero attached hydrogens (tertiary/aromatic N) is 3. The second kappa shape index (κ2) is 8.45. The minimum absolute atomic E-state index is 0.0297. The van der Waals surface area contributed by atoms with Crippen molar-refractivity contribution in [3.63, 3.8) is 0 Å². The van der Waals surface area contributed by atoms with Crippen LogP contribution in [0.4, 0.5) is 18.9 Å². The third-order valence-electron chi connectivity index (χ3n) is 7.20. The van der Waals surface area contributed by atoms with Crippen molar-refractivity contribution in [2.75, 3.05) is 44.2 Å². The van der Waals surface area contributed by atoms with Crippen molar-refractivity contribution >= 4 is 23.2 Å². The average molecular weight is 460 g/mol. The second-order valence-electron chi connectivity index (χ2n) is 9.14. The summed E-state index contributed by atoms with van der Waals surface area (Å²) < 4.78 is 38.9. The summed E-state index contributed by atoms with van der Waals surface area (Å²) >= 11 is 5.86. The molecule has 2 unspecified atom stereocenters. The predicted molar refractivity (Wildman–Crippen MR) is 113 cm³/mol. The van der Waals surface area contributed by atoms with Gasteiger partial charge in [0.1, 0.15) is 6.04 Å². The molecule has 1 aromatic rings. The molecule has 1 aliphatic carbocycles. The minimum Gasteiger partial charge on any atom is -0.391 e. The monoisotopic (exact) mass is 459 g/mol. The fourth-order valence-electron chi connectivity index (χ4n) is 4.93. The van der Waals surface area contributed by atoms with Crippen molar-refractivity contribution in [2.45, 2.75) is 50.9 Å². The fraction of sp³-hybridized carbons (Fsp3) is 0.682. The first kappa shape index (κ1) is 22.7. The van der Waals surface area contributed by atoms with E-state index in [0.717, 1.165) is 44.8 Å². The van der Waals surface area contributed by atoms with Gasteiger partial charge < -0.3 is 19.8 Å². The molecule has 1 aromatic carbocycles. The number of piperazine rings is 1. The summed E-state index contributed by atoms with van der Waals surface area (Å²) in [7, 11) is 0. The van der Waals surface area contributed by atoms with E-state index in [2.05, 4.69) is 4.90 Å². The van der Waals surface area contributed by atoms with Gasteiger partial charge >= 0.3 is 6.18 Å². The Hall–Kier alpha value is -1.51. The summed E-state index contributed by atoms with van der Waals surface area (Å²) in [6.07, 6.45) is -0.560. The number of hydrogen-bond acceptors (Lipinski definition) is 4. The van der Waals surface area contributed by atoms with Gasteiger partial charge in [0, 0.05) is 31.9 Å². The van der Waals surface area contributed by atoms with Crippen LogP contribution in [0.15, 0.2) is 18.2 Å². The second-order valence-corrected chi connectivity index (χ2v) is 9.55. The summed E-state index contributed by atoms with van der Waals surface area (Å²) in [6, 6.07) is 3.17. The standard InChI is InChI=1S/C22H29ClF3N3O2/c1-15-20(31)28(9-2-8-27-10-7-21(5-6-21)19(30)14-27)11-12-29(15)16-3-4-17(18(23)13-16)22(24,25)26/h3-4,13,15,19,30H,2,5-12,14H2,1H3. The fourth-order valence-corrected chi connectivity index (χ4v) is 5.21. The molecule has 31 heavy (non-hydrogen) atoms. The number of aliphatic hydroxyl groups is 1. The topological polar surface area (TPSA) is 47.0 Å². The maximum absolute atomic E-state index is 13.0. The number of halogens is 4. The molecule has 2 atom stereocenters. The molecular formula is C22H29ClF3N3O2.